The van der Waals surface area contributed by atoms with Crippen LogP contribution in [0.5, 0.6) is 0 Å². The number of aromatic amines is 1. The summed E-state index contributed by atoms with van der Waals surface area (Å²) in [7, 11) is 0. The molecule has 2 aromatic carbocycles. The van der Waals surface area contributed by atoms with Gasteiger partial charge >= 0.3 is 0 Å². The average Bonchev–Trinajstić information content (AvgIpc) is 3.27. The molecule has 1 heterocycles. The standard InChI is InChI=1S/C17H22N2O.C10H14.C4H8O/c1-2-12-7-9-13(10-8-12)17(20)19-16-11-14-5-3-4-6-15(14)18-16;1-4-10-8(2)6-5-7-9(10)3;1-3-4(2)5/h3-6,11-13,18H,2,7-10H2,1H3,(H,19,20);5-7H,4H2,1-3H3;3H2,1-2H3. The molecule has 0 spiro atoms. The van der Waals surface area contributed by atoms with Crippen molar-refractivity contribution in [3.05, 3.63) is 65.2 Å². The maximum atomic E-state index is 12.3. The van der Waals surface area contributed by atoms with E-state index in [9.17, 15) is 9.59 Å². The second-order valence-electron chi connectivity index (χ2n) is 9.66. The predicted octanol–water partition coefficient (Wildman–Crippen LogP) is 8.17. The van der Waals surface area contributed by atoms with Crippen LogP contribution >= 0.6 is 0 Å². The first-order chi connectivity index (χ1) is 16.8. The SMILES string of the molecule is CCC(C)=O.CCC1CCC(C(=O)Nc2cc3ccccc3[nH]2)CC1.CCc1c(C)cccc1C. The summed E-state index contributed by atoms with van der Waals surface area (Å²) in [6.07, 6.45) is 7.52. The maximum Gasteiger partial charge on any atom is 0.228 e. The molecule has 1 amide bonds. The smallest absolute Gasteiger partial charge is 0.228 e. The lowest BCUT2D eigenvalue weighted by atomic mass is 9.80. The van der Waals surface area contributed by atoms with E-state index >= 15 is 0 Å². The molecule has 1 saturated carbocycles. The highest BCUT2D eigenvalue weighted by Crippen LogP contribution is 2.31. The third-order valence-electron chi connectivity index (χ3n) is 7.08. The van der Waals surface area contributed by atoms with Gasteiger partial charge in [-0.05, 0) is 87.6 Å². The van der Waals surface area contributed by atoms with E-state index in [0.717, 1.165) is 41.9 Å². The van der Waals surface area contributed by atoms with E-state index in [1.54, 1.807) is 6.92 Å². The number of benzene rings is 2. The van der Waals surface area contributed by atoms with Gasteiger partial charge < -0.3 is 15.1 Å². The van der Waals surface area contributed by atoms with Crippen molar-refractivity contribution in [3.8, 4) is 0 Å². The van der Waals surface area contributed by atoms with Gasteiger partial charge in [0.05, 0.1) is 0 Å². The van der Waals surface area contributed by atoms with Crippen molar-refractivity contribution in [2.75, 3.05) is 5.32 Å². The van der Waals surface area contributed by atoms with Gasteiger partial charge in [0.2, 0.25) is 5.91 Å². The molecule has 1 aromatic heterocycles. The number of para-hydroxylation sites is 1. The molecule has 2 N–H and O–H groups in total. The minimum atomic E-state index is 0.172. The number of anilines is 1. The molecule has 4 nitrogen and oxygen atoms in total. The van der Waals surface area contributed by atoms with Crippen molar-refractivity contribution >= 4 is 28.4 Å². The van der Waals surface area contributed by atoms with Gasteiger partial charge in [-0.1, -0.05) is 63.6 Å². The van der Waals surface area contributed by atoms with Gasteiger partial charge in [0.15, 0.2) is 0 Å². The van der Waals surface area contributed by atoms with Gasteiger partial charge in [-0.15, -0.1) is 0 Å². The summed E-state index contributed by atoms with van der Waals surface area (Å²) < 4.78 is 0. The van der Waals surface area contributed by atoms with Gasteiger partial charge in [0.25, 0.3) is 0 Å². The highest BCUT2D eigenvalue weighted by molar-refractivity contribution is 5.95. The van der Waals surface area contributed by atoms with Gasteiger partial charge in [-0.3, -0.25) is 4.79 Å². The van der Waals surface area contributed by atoms with E-state index in [1.165, 1.54) is 36.0 Å². The summed E-state index contributed by atoms with van der Waals surface area (Å²) in [5.41, 5.74) is 5.41. The van der Waals surface area contributed by atoms with Gasteiger partial charge in [-0.2, -0.15) is 0 Å². The normalized spacial score (nSPS) is 17.0. The molecule has 0 atom stereocenters. The zero-order valence-corrected chi connectivity index (χ0v) is 22.5. The Morgan fingerprint density at radius 1 is 0.914 bits per heavy atom. The number of rotatable bonds is 5. The summed E-state index contributed by atoms with van der Waals surface area (Å²) in [5, 5.41) is 4.18. The fraction of sp³-hybridized carbons (Fsp3) is 0.484. The molecule has 35 heavy (non-hydrogen) atoms. The van der Waals surface area contributed by atoms with Crippen molar-refractivity contribution in [3.63, 3.8) is 0 Å². The molecule has 0 saturated heterocycles. The van der Waals surface area contributed by atoms with Crippen LogP contribution in [-0.2, 0) is 16.0 Å². The minimum absolute atomic E-state index is 0.172. The van der Waals surface area contributed by atoms with E-state index < -0.39 is 0 Å². The predicted molar refractivity (Wildman–Crippen MR) is 149 cm³/mol. The number of Topliss-reactive ketones (excluding diaryl/α,β-unsaturated/α-hetero) is 1. The van der Waals surface area contributed by atoms with Crippen molar-refractivity contribution in [1.82, 2.24) is 4.98 Å². The van der Waals surface area contributed by atoms with Crippen LogP contribution < -0.4 is 5.32 Å². The molecule has 4 rings (SSSR count). The van der Waals surface area contributed by atoms with Crippen LogP contribution in [-0.4, -0.2) is 16.7 Å². The van der Waals surface area contributed by atoms with Crippen LogP contribution in [0.4, 0.5) is 5.82 Å². The summed E-state index contributed by atoms with van der Waals surface area (Å²) in [5.74, 6) is 2.25. The number of fused-ring (bicyclic) bond motifs is 1. The maximum absolute atomic E-state index is 12.3. The minimum Gasteiger partial charge on any atom is -0.341 e. The molecule has 3 aromatic rings. The number of aromatic nitrogens is 1. The average molecular weight is 477 g/mol. The van der Waals surface area contributed by atoms with Crippen LogP contribution in [0.25, 0.3) is 10.9 Å². The molecule has 4 heteroatoms. The number of aryl methyl sites for hydroxylation is 2. The summed E-state index contributed by atoms with van der Waals surface area (Å²) in [4.78, 5) is 25.4. The summed E-state index contributed by atoms with van der Waals surface area (Å²) >= 11 is 0. The molecular formula is C31H44N2O2. The lowest BCUT2D eigenvalue weighted by molar-refractivity contribution is -0.121. The molecular weight excluding hydrogens is 432 g/mol. The first-order valence-corrected chi connectivity index (χ1v) is 13.2. The first-order valence-electron chi connectivity index (χ1n) is 13.2. The van der Waals surface area contributed by atoms with Gasteiger partial charge in [0, 0.05) is 23.2 Å². The quantitative estimate of drug-likeness (QED) is 0.390. The number of nitrogens with one attached hydrogen (secondary N) is 2. The number of hydrogen-bond acceptors (Lipinski definition) is 2. The van der Waals surface area contributed by atoms with Crippen LogP contribution in [0.15, 0.2) is 48.5 Å². The molecule has 1 aliphatic rings. The zero-order chi connectivity index (χ0) is 25.8. The number of amides is 1. The van der Waals surface area contributed by atoms with E-state index in [2.05, 4.69) is 56.2 Å². The fourth-order valence-corrected chi connectivity index (χ4v) is 4.62. The third kappa shape index (κ3) is 9.01. The monoisotopic (exact) mass is 476 g/mol. The second-order valence-corrected chi connectivity index (χ2v) is 9.66. The Balaban J connectivity index is 0.000000240. The van der Waals surface area contributed by atoms with Crippen LogP contribution in [0.3, 0.4) is 0 Å². The lowest BCUT2D eigenvalue weighted by Crippen LogP contribution is -2.27. The number of H-pyrrole nitrogens is 1. The highest BCUT2D eigenvalue weighted by atomic mass is 16.2. The Bertz CT molecular complexity index is 1020. The number of hydrogen-bond donors (Lipinski definition) is 2. The van der Waals surface area contributed by atoms with Gasteiger partial charge in [-0.25, -0.2) is 0 Å². The van der Waals surface area contributed by atoms with Crippen molar-refractivity contribution in [2.45, 2.75) is 86.5 Å². The molecule has 0 bridgehead atoms. The van der Waals surface area contributed by atoms with E-state index in [4.69, 9.17) is 0 Å². The number of ketones is 1. The second kappa shape index (κ2) is 14.5. The van der Waals surface area contributed by atoms with Crippen molar-refractivity contribution < 1.29 is 9.59 Å². The van der Waals surface area contributed by atoms with Crippen molar-refractivity contribution in [2.24, 2.45) is 11.8 Å². The Kier molecular flexibility index (Phi) is 11.8. The molecule has 1 fully saturated rings. The third-order valence-corrected chi connectivity index (χ3v) is 7.08. The van der Waals surface area contributed by atoms with Crippen LogP contribution in [0.1, 0.15) is 82.9 Å². The Hall–Kier alpha value is -2.88. The van der Waals surface area contributed by atoms with Crippen LogP contribution in [0.2, 0.25) is 0 Å². The van der Waals surface area contributed by atoms with E-state index in [1.807, 2.05) is 37.3 Å². The Morgan fingerprint density at radius 2 is 1.51 bits per heavy atom. The fourth-order valence-electron chi connectivity index (χ4n) is 4.62. The highest BCUT2D eigenvalue weighted by Gasteiger charge is 2.25. The molecule has 0 unspecified atom stereocenters. The molecule has 1 aliphatic carbocycles. The Labute approximate surface area is 211 Å². The number of carbonyl (C=O) groups is 2. The van der Waals surface area contributed by atoms with E-state index in [0.29, 0.717) is 6.42 Å². The number of carbonyl (C=O) groups excluding carboxylic acids is 2. The largest absolute Gasteiger partial charge is 0.341 e. The molecule has 0 aliphatic heterocycles. The van der Waals surface area contributed by atoms with Crippen LogP contribution in [0, 0.1) is 25.7 Å². The van der Waals surface area contributed by atoms with E-state index in [-0.39, 0.29) is 17.6 Å². The molecule has 190 valence electrons. The first kappa shape index (κ1) is 28.4. The van der Waals surface area contributed by atoms with Crippen molar-refractivity contribution in [1.29, 1.82) is 0 Å². The lowest BCUT2D eigenvalue weighted by Gasteiger charge is -2.26. The zero-order valence-electron chi connectivity index (χ0n) is 22.5. The topological polar surface area (TPSA) is 62.0 Å². The summed E-state index contributed by atoms with van der Waals surface area (Å²) in [6, 6.07) is 16.5. The Morgan fingerprint density at radius 3 is 2.00 bits per heavy atom. The van der Waals surface area contributed by atoms with Gasteiger partial charge in [0.1, 0.15) is 11.6 Å². The molecule has 0 radical (unpaired) electrons. The summed E-state index contributed by atoms with van der Waals surface area (Å²) in [6.45, 7) is 12.2.